The van der Waals surface area contributed by atoms with Gasteiger partial charge in [-0.3, -0.25) is 9.59 Å². The Morgan fingerprint density at radius 2 is 2.04 bits per heavy atom. The molecule has 1 amide bonds. The highest BCUT2D eigenvalue weighted by Crippen LogP contribution is 2.24. The second-order valence-corrected chi connectivity index (χ2v) is 6.34. The van der Waals surface area contributed by atoms with Crippen LogP contribution in [0.1, 0.15) is 43.0 Å². The molecule has 1 aromatic carbocycles. The maximum atomic E-state index is 13.7. The van der Waals surface area contributed by atoms with Gasteiger partial charge in [-0.15, -0.1) is 0 Å². The molecule has 1 aliphatic heterocycles. The second kappa shape index (κ2) is 8.09. The summed E-state index contributed by atoms with van der Waals surface area (Å²) in [6.45, 7) is 2.34. The third-order valence-electron chi connectivity index (χ3n) is 4.51. The average molecular weight is 351 g/mol. The van der Waals surface area contributed by atoms with Gasteiger partial charge in [0.15, 0.2) is 17.3 Å². The zero-order chi connectivity index (χ0) is 18.6. The first-order valence-electron chi connectivity index (χ1n) is 8.22. The smallest absolute Gasteiger partial charge is 0.326 e. The van der Waals surface area contributed by atoms with Crippen molar-refractivity contribution in [2.24, 2.45) is 5.92 Å². The van der Waals surface area contributed by atoms with Gasteiger partial charge < -0.3 is 14.7 Å². The molecule has 1 fully saturated rings. The van der Waals surface area contributed by atoms with Crippen molar-refractivity contribution < 1.29 is 28.6 Å². The highest BCUT2D eigenvalue weighted by Gasteiger charge is 2.34. The summed E-state index contributed by atoms with van der Waals surface area (Å²) in [4.78, 5) is 37.2. The summed E-state index contributed by atoms with van der Waals surface area (Å²) in [5, 5.41) is 9.30. The number of carboxylic acids is 1. The Labute approximate surface area is 145 Å². The van der Waals surface area contributed by atoms with Crippen molar-refractivity contribution in [2.45, 2.75) is 38.6 Å². The molecule has 1 aromatic rings. The number of likely N-dealkylation sites (tertiary alicyclic amines) is 1. The third-order valence-corrected chi connectivity index (χ3v) is 4.51. The predicted octanol–water partition coefficient (Wildman–Crippen LogP) is 2.51. The van der Waals surface area contributed by atoms with E-state index in [2.05, 4.69) is 0 Å². The van der Waals surface area contributed by atoms with Crippen molar-refractivity contribution in [3.05, 3.63) is 29.6 Å². The zero-order valence-electron chi connectivity index (χ0n) is 14.3. The fourth-order valence-electron chi connectivity index (χ4n) is 3.02. The maximum absolute atomic E-state index is 13.7. The van der Waals surface area contributed by atoms with Crippen LogP contribution in [0.5, 0.6) is 5.75 Å². The number of halogens is 1. The summed E-state index contributed by atoms with van der Waals surface area (Å²) in [6.07, 6.45) is 0.972. The van der Waals surface area contributed by atoms with Crippen LogP contribution in [0.2, 0.25) is 0 Å². The number of piperidine rings is 1. The summed E-state index contributed by atoms with van der Waals surface area (Å²) >= 11 is 0. The lowest BCUT2D eigenvalue weighted by Gasteiger charge is -2.36. The van der Waals surface area contributed by atoms with Gasteiger partial charge in [0.2, 0.25) is 5.91 Å². The number of hydrogen-bond acceptors (Lipinski definition) is 4. The average Bonchev–Trinajstić information content (AvgIpc) is 2.59. The Morgan fingerprint density at radius 3 is 2.64 bits per heavy atom. The Kier molecular flexibility index (Phi) is 6.12. The van der Waals surface area contributed by atoms with Crippen LogP contribution in [-0.4, -0.2) is 47.4 Å². The summed E-state index contributed by atoms with van der Waals surface area (Å²) in [7, 11) is 1.33. The molecular formula is C18H22FNO5. The highest BCUT2D eigenvalue weighted by atomic mass is 19.1. The number of Topliss-reactive ketones (excluding diaryl/α,β-unsaturated/α-hetero) is 1. The number of carbonyl (C=O) groups is 3. The molecule has 0 aliphatic carbocycles. The van der Waals surface area contributed by atoms with E-state index in [1.165, 1.54) is 24.1 Å². The molecule has 136 valence electrons. The topological polar surface area (TPSA) is 83.9 Å². The fourth-order valence-corrected chi connectivity index (χ4v) is 3.02. The van der Waals surface area contributed by atoms with E-state index < -0.39 is 17.8 Å². The molecule has 0 spiro atoms. The minimum Gasteiger partial charge on any atom is -0.494 e. The summed E-state index contributed by atoms with van der Waals surface area (Å²) in [6, 6.07) is 3.03. The lowest BCUT2D eigenvalue weighted by atomic mass is 9.92. The molecule has 0 bridgehead atoms. The van der Waals surface area contributed by atoms with Gasteiger partial charge in [-0.2, -0.15) is 0 Å². The number of amides is 1. The van der Waals surface area contributed by atoms with Crippen LogP contribution in [0.15, 0.2) is 18.2 Å². The van der Waals surface area contributed by atoms with Gasteiger partial charge in [0, 0.05) is 24.9 Å². The number of nitrogens with zero attached hydrogens (tertiary/aromatic N) is 1. The molecule has 0 radical (unpaired) electrons. The standard InChI is InChI=1S/C18H22FNO5/c1-11-7-8-20(14(9-11)18(23)24)17(22)6-4-15(21)12-3-5-16(25-2)13(19)10-12/h3,5,10-11,14H,4,6-9H2,1-2H3,(H,23,24). The largest absolute Gasteiger partial charge is 0.494 e. The van der Waals surface area contributed by atoms with Crippen molar-refractivity contribution in [1.82, 2.24) is 4.90 Å². The normalized spacial score (nSPS) is 20.2. The predicted molar refractivity (Wildman–Crippen MR) is 88.1 cm³/mol. The molecule has 7 heteroatoms. The second-order valence-electron chi connectivity index (χ2n) is 6.34. The summed E-state index contributed by atoms with van der Waals surface area (Å²) < 4.78 is 18.5. The van der Waals surface area contributed by atoms with Gasteiger partial charge in [0.1, 0.15) is 6.04 Å². The maximum Gasteiger partial charge on any atom is 0.326 e. The molecule has 2 unspecified atom stereocenters. The summed E-state index contributed by atoms with van der Waals surface area (Å²) in [5.74, 6) is -2.11. The van der Waals surface area contributed by atoms with Crippen molar-refractivity contribution in [2.75, 3.05) is 13.7 Å². The molecule has 1 N–H and O–H groups in total. The molecule has 2 atom stereocenters. The number of carboxylic acid groups (broad SMARTS) is 1. The van der Waals surface area contributed by atoms with Crippen LogP contribution in [0, 0.1) is 11.7 Å². The molecule has 1 aliphatic rings. The molecule has 25 heavy (non-hydrogen) atoms. The van der Waals surface area contributed by atoms with Gasteiger partial charge in [0.05, 0.1) is 7.11 Å². The molecular weight excluding hydrogens is 329 g/mol. The van der Waals surface area contributed by atoms with Crippen molar-refractivity contribution in [3.63, 3.8) is 0 Å². The number of ether oxygens (including phenoxy) is 1. The van der Waals surface area contributed by atoms with Crippen molar-refractivity contribution >= 4 is 17.7 Å². The first kappa shape index (κ1) is 18.9. The number of ketones is 1. The Morgan fingerprint density at radius 1 is 1.32 bits per heavy atom. The van der Waals surface area contributed by atoms with Crippen molar-refractivity contribution in [3.8, 4) is 5.75 Å². The van der Waals surface area contributed by atoms with Crippen LogP contribution in [0.4, 0.5) is 4.39 Å². The van der Waals surface area contributed by atoms with E-state index in [1.807, 2.05) is 6.92 Å². The number of rotatable bonds is 6. The highest BCUT2D eigenvalue weighted by molar-refractivity contribution is 5.98. The van der Waals surface area contributed by atoms with Crippen LogP contribution in [0.3, 0.4) is 0 Å². The molecule has 2 rings (SSSR count). The first-order chi connectivity index (χ1) is 11.8. The molecule has 1 saturated heterocycles. The lowest BCUT2D eigenvalue weighted by Crippen LogP contribution is -2.49. The zero-order valence-corrected chi connectivity index (χ0v) is 14.3. The van der Waals surface area contributed by atoms with Gasteiger partial charge >= 0.3 is 5.97 Å². The Hall–Kier alpha value is -2.44. The first-order valence-corrected chi connectivity index (χ1v) is 8.22. The summed E-state index contributed by atoms with van der Waals surface area (Å²) in [5.41, 5.74) is 0.160. The number of methoxy groups -OCH3 is 1. The number of carbonyl (C=O) groups excluding carboxylic acids is 2. The quantitative estimate of drug-likeness (QED) is 0.796. The molecule has 6 nitrogen and oxygen atoms in total. The van der Waals surface area contributed by atoms with E-state index in [4.69, 9.17) is 4.74 Å². The monoisotopic (exact) mass is 351 g/mol. The van der Waals surface area contributed by atoms with E-state index in [0.717, 1.165) is 12.5 Å². The lowest BCUT2D eigenvalue weighted by molar-refractivity contribution is -0.153. The fraction of sp³-hybridized carbons (Fsp3) is 0.500. The Bertz CT molecular complexity index is 675. The van der Waals surface area contributed by atoms with Gasteiger partial charge in [-0.1, -0.05) is 6.92 Å². The number of aliphatic carboxylic acids is 1. The van der Waals surface area contributed by atoms with Crippen LogP contribution in [0.25, 0.3) is 0 Å². The minimum atomic E-state index is -1.02. The van der Waals surface area contributed by atoms with Crippen LogP contribution in [-0.2, 0) is 9.59 Å². The van der Waals surface area contributed by atoms with E-state index in [-0.39, 0.29) is 41.8 Å². The van der Waals surface area contributed by atoms with Gasteiger partial charge in [-0.25, -0.2) is 9.18 Å². The van der Waals surface area contributed by atoms with Crippen LogP contribution < -0.4 is 4.74 Å². The van der Waals surface area contributed by atoms with Gasteiger partial charge in [0.25, 0.3) is 0 Å². The number of hydrogen-bond donors (Lipinski definition) is 1. The Balaban J connectivity index is 1.97. The van der Waals surface area contributed by atoms with E-state index in [1.54, 1.807) is 0 Å². The van der Waals surface area contributed by atoms with E-state index in [0.29, 0.717) is 13.0 Å². The minimum absolute atomic E-state index is 0.0411. The molecule has 0 saturated carbocycles. The molecule has 0 aromatic heterocycles. The van der Waals surface area contributed by atoms with Gasteiger partial charge in [-0.05, 0) is 37.0 Å². The van der Waals surface area contributed by atoms with Crippen LogP contribution >= 0.6 is 0 Å². The molecule has 1 heterocycles. The van der Waals surface area contributed by atoms with E-state index >= 15 is 0 Å². The van der Waals surface area contributed by atoms with E-state index in [9.17, 15) is 23.9 Å². The third kappa shape index (κ3) is 4.55. The number of benzene rings is 1. The van der Waals surface area contributed by atoms with Crippen molar-refractivity contribution in [1.29, 1.82) is 0 Å². The SMILES string of the molecule is COc1ccc(C(=O)CCC(=O)N2CCC(C)CC2C(=O)O)cc1F.